The lowest BCUT2D eigenvalue weighted by atomic mass is 9.60. The van der Waals surface area contributed by atoms with E-state index in [4.69, 9.17) is 0 Å². The maximum absolute atomic E-state index is 3.55. The van der Waals surface area contributed by atoms with E-state index in [0.29, 0.717) is 5.41 Å². The molecule has 1 aliphatic carbocycles. The first-order chi connectivity index (χ1) is 9.20. The van der Waals surface area contributed by atoms with E-state index in [1.165, 1.54) is 55.8 Å². The molecule has 0 amide bonds. The highest BCUT2D eigenvalue weighted by atomic mass is 79.9. The molecule has 1 heteroatoms. The molecule has 106 valence electrons. The van der Waals surface area contributed by atoms with Gasteiger partial charge in [-0.3, -0.25) is 0 Å². The van der Waals surface area contributed by atoms with Crippen LogP contribution in [0.3, 0.4) is 0 Å². The van der Waals surface area contributed by atoms with Crippen LogP contribution in [-0.2, 0) is 5.41 Å². The summed E-state index contributed by atoms with van der Waals surface area (Å²) in [6.07, 6.45) is 11.1. The van der Waals surface area contributed by atoms with E-state index in [9.17, 15) is 0 Å². The van der Waals surface area contributed by atoms with Crippen LogP contribution < -0.4 is 0 Å². The lowest BCUT2D eigenvalue weighted by molar-refractivity contribution is 0.180. The third-order valence-corrected chi connectivity index (χ3v) is 5.52. The highest BCUT2D eigenvalue weighted by Crippen LogP contribution is 2.49. The summed E-state index contributed by atoms with van der Waals surface area (Å²) in [4.78, 5) is 0. The summed E-state index contributed by atoms with van der Waals surface area (Å²) in [5.74, 6) is 0.920. The van der Waals surface area contributed by atoms with Crippen molar-refractivity contribution in [1.82, 2.24) is 0 Å². The minimum absolute atomic E-state index is 0.509. The van der Waals surface area contributed by atoms with Crippen molar-refractivity contribution in [2.75, 3.05) is 0 Å². The highest BCUT2D eigenvalue weighted by molar-refractivity contribution is 9.10. The standard InChI is InChI=1S/C18H27Br/c1-3-5-7-15(4-2)14-18(12-6-13-18)16-8-10-17(19)11-9-16/h8-11,15H,3-7,12-14H2,1-2H3. The third-order valence-electron chi connectivity index (χ3n) is 4.99. The number of unbranched alkanes of at least 4 members (excludes halogenated alkanes) is 1. The van der Waals surface area contributed by atoms with Crippen LogP contribution in [0.25, 0.3) is 0 Å². The molecule has 1 aromatic rings. The van der Waals surface area contributed by atoms with Gasteiger partial charge in [0.15, 0.2) is 0 Å². The molecular weight excluding hydrogens is 296 g/mol. The minimum Gasteiger partial charge on any atom is -0.0654 e. The number of hydrogen-bond acceptors (Lipinski definition) is 0. The molecule has 19 heavy (non-hydrogen) atoms. The monoisotopic (exact) mass is 322 g/mol. The SMILES string of the molecule is CCCCC(CC)CC1(c2ccc(Br)cc2)CCC1. The quantitative estimate of drug-likeness (QED) is 0.539. The van der Waals surface area contributed by atoms with E-state index >= 15 is 0 Å². The first-order valence-corrected chi connectivity index (χ1v) is 8.75. The van der Waals surface area contributed by atoms with Crippen molar-refractivity contribution in [2.24, 2.45) is 5.92 Å². The fourth-order valence-corrected chi connectivity index (χ4v) is 3.78. The van der Waals surface area contributed by atoms with Crippen LogP contribution in [0.1, 0.15) is 70.8 Å². The molecule has 1 fully saturated rings. The topological polar surface area (TPSA) is 0 Å². The molecule has 1 aliphatic rings. The van der Waals surface area contributed by atoms with Gasteiger partial charge in [0.1, 0.15) is 0 Å². The summed E-state index contributed by atoms with van der Waals surface area (Å²) in [7, 11) is 0. The molecule has 0 nitrogen and oxygen atoms in total. The van der Waals surface area contributed by atoms with Gasteiger partial charge in [0.25, 0.3) is 0 Å². The molecule has 0 N–H and O–H groups in total. The van der Waals surface area contributed by atoms with Crippen molar-refractivity contribution in [3.63, 3.8) is 0 Å². The fraction of sp³-hybridized carbons (Fsp3) is 0.667. The van der Waals surface area contributed by atoms with Crippen molar-refractivity contribution in [3.05, 3.63) is 34.3 Å². The van der Waals surface area contributed by atoms with Gasteiger partial charge in [-0.2, -0.15) is 0 Å². The third kappa shape index (κ3) is 3.62. The Morgan fingerprint density at radius 1 is 1.16 bits per heavy atom. The zero-order valence-electron chi connectivity index (χ0n) is 12.4. The second-order valence-electron chi connectivity index (χ2n) is 6.26. The summed E-state index contributed by atoms with van der Waals surface area (Å²) in [6.45, 7) is 4.68. The molecule has 0 saturated heterocycles. The Morgan fingerprint density at radius 2 is 1.84 bits per heavy atom. The van der Waals surface area contributed by atoms with Gasteiger partial charge >= 0.3 is 0 Å². The van der Waals surface area contributed by atoms with E-state index in [2.05, 4.69) is 54.0 Å². The lowest BCUT2D eigenvalue weighted by Crippen LogP contribution is -2.36. The van der Waals surface area contributed by atoms with E-state index < -0.39 is 0 Å². The van der Waals surface area contributed by atoms with Crippen molar-refractivity contribution < 1.29 is 0 Å². The predicted molar refractivity (Wildman–Crippen MR) is 87.6 cm³/mol. The molecule has 1 atom stereocenters. The Balaban J connectivity index is 2.07. The first kappa shape index (κ1) is 15.1. The first-order valence-electron chi connectivity index (χ1n) is 7.96. The molecule has 0 bridgehead atoms. The van der Waals surface area contributed by atoms with E-state index in [-0.39, 0.29) is 0 Å². The highest BCUT2D eigenvalue weighted by Gasteiger charge is 2.39. The number of halogens is 1. The molecular formula is C18H27Br. The van der Waals surface area contributed by atoms with Crippen molar-refractivity contribution in [2.45, 2.75) is 70.6 Å². The van der Waals surface area contributed by atoms with Gasteiger partial charge in [-0.05, 0) is 48.3 Å². The predicted octanol–water partition coefficient (Wildman–Crippen LogP) is 6.48. The Bertz CT molecular complexity index is 375. The molecule has 1 aromatic carbocycles. The van der Waals surface area contributed by atoms with Gasteiger partial charge in [0.05, 0.1) is 0 Å². The number of benzene rings is 1. The van der Waals surface area contributed by atoms with Crippen LogP contribution in [0.4, 0.5) is 0 Å². The van der Waals surface area contributed by atoms with Crippen LogP contribution >= 0.6 is 15.9 Å². The second-order valence-corrected chi connectivity index (χ2v) is 7.18. The Labute approximate surface area is 127 Å². The smallest absolute Gasteiger partial charge is 0.0175 e. The van der Waals surface area contributed by atoms with Gasteiger partial charge < -0.3 is 0 Å². The average Bonchev–Trinajstić information content (AvgIpc) is 2.39. The van der Waals surface area contributed by atoms with Gasteiger partial charge in [0, 0.05) is 4.47 Å². The van der Waals surface area contributed by atoms with Gasteiger partial charge in [-0.25, -0.2) is 0 Å². The van der Waals surface area contributed by atoms with Gasteiger partial charge in [-0.1, -0.05) is 74.0 Å². The Hall–Kier alpha value is -0.300. The van der Waals surface area contributed by atoms with Gasteiger partial charge in [-0.15, -0.1) is 0 Å². The Kier molecular flexibility index (Phi) is 5.50. The van der Waals surface area contributed by atoms with Crippen LogP contribution in [0.2, 0.25) is 0 Å². The second kappa shape index (κ2) is 6.92. The molecule has 0 spiro atoms. The maximum atomic E-state index is 3.55. The summed E-state index contributed by atoms with van der Waals surface area (Å²) in [6, 6.07) is 9.11. The summed E-state index contributed by atoms with van der Waals surface area (Å²) >= 11 is 3.55. The normalized spacial score (nSPS) is 18.9. The summed E-state index contributed by atoms with van der Waals surface area (Å²) < 4.78 is 1.20. The number of rotatable bonds is 7. The van der Waals surface area contributed by atoms with Crippen molar-refractivity contribution in [1.29, 1.82) is 0 Å². The molecule has 0 aromatic heterocycles. The fourth-order valence-electron chi connectivity index (χ4n) is 3.51. The minimum atomic E-state index is 0.509. The van der Waals surface area contributed by atoms with Crippen LogP contribution in [0.15, 0.2) is 28.7 Å². The van der Waals surface area contributed by atoms with Crippen molar-refractivity contribution in [3.8, 4) is 0 Å². The largest absolute Gasteiger partial charge is 0.0654 e. The number of hydrogen-bond donors (Lipinski definition) is 0. The van der Waals surface area contributed by atoms with E-state index in [0.717, 1.165) is 5.92 Å². The maximum Gasteiger partial charge on any atom is 0.0175 e. The van der Waals surface area contributed by atoms with Gasteiger partial charge in [0.2, 0.25) is 0 Å². The van der Waals surface area contributed by atoms with Crippen molar-refractivity contribution >= 4 is 15.9 Å². The molecule has 2 rings (SSSR count). The zero-order chi connectivity index (χ0) is 13.7. The Morgan fingerprint density at radius 3 is 2.32 bits per heavy atom. The summed E-state index contributed by atoms with van der Waals surface area (Å²) in [5.41, 5.74) is 2.09. The zero-order valence-corrected chi connectivity index (χ0v) is 14.0. The molecule has 0 aliphatic heterocycles. The van der Waals surface area contributed by atoms with E-state index in [1.54, 1.807) is 5.56 Å². The summed E-state index contributed by atoms with van der Waals surface area (Å²) in [5, 5.41) is 0. The van der Waals surface area contributed by atoms with Crippen LogP contribution in [0, 0.1) is 5.92 Å². The van der Waals surface area contributed by atoms with E-state index in [1.807, 2.05) is 0 Å². The lowest BCUT2D eigenvalue weighted by Gasteiger charge is -2.45. The molecule has 0 radical (unpaired) electrons. The average molecular weight is 323 g/mol. The van der Waals surface area contributed by atoms with Crippen LogP contribution in [0.5, 0.6) is 0 Å². The molecule has 1 unspecified atom stereocenters. The molecule has 1 saturated carbocycles. The molecule has 0 heterocycles. The van der Waals surface area contributed by atoms with Crippen LogP contribution in [-0.4, -0.2) is 0 Å².